The van der Waals surface area contributed by atoms with Gasteiger partial charge in [-0.25, -0.2) is 16.8 Å². The predicted molar refractivity (Wildman–Crippen MR) is 111 cm³/mol. The summed E-state index contributed by atoms with van der Waals surface area (Å²) in [5, 5.41) is 1.44. The monoisotopic (exact) mass is 431 g/mol. The van der Waals surface area contributed by atoms with E-state index in [0.29, 0.717) is 3.71 Å². The first-order valence-electron chi connectivity index (χ1n) is 8.20. The van der Waals surface area contributed by atoms with Gasteiger partial charge in [0.25, 0.3) is 20.0 Å². The molecular formula is C20H17NO4S3. The Morgan fingerprint density at radius 2 is 1.00 bits per heavy atom. The molecule has 3 aromatic rings. The number of benzene rings is 3. The van der Waals surface area contributed by atoms with Crippen molar-refractivity contribution in [3.63, 3.8) is 0 Å². The van der Waals surface area contributed by atoms with Crippen molar-refractivity contribution < 1.29 is 16.8 Å². The summed E-state index contributed by atoms with van der Waals surface area (Å²) in [5.41, 5.74) is 0. The molecule has 0 aliphatic rings. The average molecular weight is 432 g/mol. The molecule has 0 unspecified atom stereocenters. The van der Waals surface area contributed by atoms with Crippen LogP contribution in [0, 0.1) is 0 Å². The van der Waals surface area contributed by atoms with Gasteiger partial charge in [0.15, 0.2) is 0 Å². The highest BCUT2D eigenvalue weighted by molar-refractivity contribution is 8.04. The zero-order valence-electron chi connectivity index (χ0n) is 14.6. The first kappa shape index (κ1) is 20.2. The van der Waals surface area contributed by atoms with E-state index in [0.717, 1.165) is 11.1 Å². The summed E-state index contributed by atoms with van der Waals surface area (Å²) in [4.78, 5) is 0.639. The molecule has 0 spiro atoms. The van der Waals surface area contributed by atoms with Gasteiger partial charge in [-0.3, -0.25) is 0 Å². The second kappa shape index (κ2) is 8.64. The molecule has 0 aliphatic carbocycles. The maximum atomic E-state index is 13.1. The quantitative estimate of drug-likeness (QED) is 0.521. The highest BCUT2D eigenvalue weighted by Crippen LogP contribution is 2.26. The Hall–Kier alpha value is -2.55. The Kier molecular flexibility index (Phi) is 6.23. The van der Waals surface area contributed by atoms with Gasteiger partial charge in [-0.15, -0.1) is 0 Å². The molecule has 0 fully saturated rings. The molecule has 0 saturated heterocycles. The predicted octanol–water partition coefficient (Wildman–Crippen LogP) is 4.33. The van der Waals surface area contributed by atoms with Crippen LogP contribution in [-0.2, 0) is 20.0 Å². The maximum absolute atomic E-state index is 13.1. The Labute approximate surface area is 169 Å². The van der Waals surface area contributed by atoms with Crippen LogP contribution >= 0.6 is 11.8 Å². The molecule has 0 bridgehead atoms. The third-order valence-electron chi connectivity index (χ3n) is 3.69. The number of hydrogen-bond donors (Lipinski definition) is 0. The molecule has 0 saturated carbocycles. The highest BCUT2D eigenvalue weighted by Gasteiger charge is 2.33. The average Bonchev–Trinajstić information content (AvgIpc) is 2.73. The van der Waals surface area contributed by atoms with E-state index in [-0.39, 0.29) is 9.79 Å². The topological polar surface area (TPSA) is 71.5 Å². The zero-order valence-corrected chi connectivity index (χ0v) is 17.1. The van der Waals surface area contributed by atoms with Gasteiger partial charge in [0, 0.05) is 11.1 Å². The third kappa shape index (κ3) is 4.46. The molecule has 0 amide bonds. The van der Waals surface area contributed by atoms with Crippen molar-refractivity contribution in [3.05, 3.63) is 103 Å². The molecule has 28 heavy (non-hydrogen) atoms. The summed E-state index contributed by atoms with van der Waals surface area (Å²) in [6.45, 7) is 0. The van der Waals surface area contributed by atoms with E-state index in [2.05, 4.69) is 0 Å². The van der Waals surface area contributed by atoms with Crippen LogP contribution in [0.25, 0.3) is 0 Å². The fourth-order valence-electron chi connectivity index (χ4n) is 2.34. The number of thioether (sulfide) groups is 1. The van der Waals surface area contributed by atoms with Crippen LogP contribution in [0.5, 0.6) is 0 Å². The van der Waals surface area contributed by atoms with Crippen molar-refractivity contribution in [1.29, 1.82) is 0 Å². The molecule has 8 heteroatoms. The van der Waals surface area contributed by atoms with Crippen molar-refractivity contribution in [2.45, 2.75) is 14.7 Å². The Bertz CT molecular complexity index is 1080. The molecule has 0 aromatic heterocycles. The molecular weight excluding hydrogens is 414 g/mol. The van der Waals surface area contributed by atoms with Gasteiger partial charge in [-0.1, -0.05) is 66.4 Å². The molecule has 0 N–H and O–H groups in total. The molecule has 5 nitrogen and oxygen atoms in total. The number of hydrogen-bond acceptors (Lipinski definition) is 5. The first-order valence-corrected chi connectivity index (χ1v) is 12.0. The van der Waals surface area contributed by atoms with Crippen molar-refractivity contribution in [2.75, 3.05) is 0 Å². The maximum Gasteiger partial charge on any atom is 0.277 e. The van der Waals surface area contributed by atoms with Crippen LogP contribution < -0.4 is 0 Å². The second-order valence-corrected chi connectivity index (χ2v) is 10.4. The van der Waals surface area contributed by atoms with Crippen molar-refractivity contribution in [1.82, 2.24) is 3.71 Å². The standard InChI is InChI=1S/C20H17NO4S3/c22-27(23,19-12-6-2-7-13-19)21(16-17-26-18-10-4-1-5-11-18)28(24,25)20-14-8-3-9-15-20/h1-17H/b17-16-. The fraction of sp³-hybridized carbons (Fsp3) is 0. The van der Waals surface area contributed by atoms with Gasteiger partial charge in [0.2, 0.25) is 0 Å². The van der Waals surface area contributed by atoms with Gasteiger partial charge in [-0.2, -0.15) is 3.71 Å². The number of nitrogens with zero attached hydrogens (tertiary/aromatic N) is 1. The highest BCUT2D eigenvalue weighted by atomic mass is 32.3. The van der Waals surface area contributed by atoms with E-state index in [1.54, 1.807) is 36.4 Å². The van der Waals surface area contributed by atoms with Crippen LogP contribution in [0.1, 0.15) is 0 Å². The van der Waals surface area contributed by atoms with Crippen LogP contribution in [0.2, 0.25) is 0 Å². The fourth-order valence-corrected chi connectivity index (χ4v) is 6.56. The van der Waals surface area contributed by atoms with Gasteiger partial charge < -0.3 is 0 Å². The molecule has 3 aromatic carbocycles. The van der Waals surface area contributed by atoms with E-state index in [4.69, 9.17) is 0 Å². The molecule has 0 aliphatic heterocycles. The SMILES string of the molecule is O=S(=O)(c1ccccc1)N(/C=C\Sc1ccccc1)S(=O)(=O)c1ccccc1. The van der Waals surface area contributed by atoms with Crippen LogP contribution in [0.3, 0.4) is 0 Å². The summed E-state index contributed by atoms with van der Waals surface area (Å²) in [6.07, 6.45) is 1.07. The Morgan fingerprint density at radius 3 is 1.43 bits per heavy atom. The normalized spacial score (nSPS) is 12.1. The van der Waals surface area contributed by atoms with Crippen molar-refractivity contribution in [3.8, 4) is 0 Å². The van der Waals surface area contributed by atoms with E-state index in [1.165, 1.54) is 41.4 Å². The van der Waals surface area contributed by atoms with E-state index in [9.17, 15) is 16.8 Å². The van der Waals surface area contributed by atoms with Gasteiger partial charge in [0.1, 0.15) is 0 Å². The third-order valence-corrected chi connectivity index (χ3v) is 8.59. The Morgan fingerprint density at radius 1 is 0.607 bits per heavy atom. The summed E-state index contributed by atoms with van der Waals surface area (Å²) < 4.78 is 52.7. The lowest BCUT2D eigenvalue weighted by Gasteiger charge is -2.20. The zero-order chi connectivity index (χ0) is 20.0. The summed E-state index contributed by atoms with van der Waals surface area (Å²) in [7, 11) is -8.63. The van der Waals surface area contributed by atoms with Crippen LogP contribution in [-0.4, -0.2) is 20.5 Å². The lowest BCUT2D eigenvalue weighted by Crippen LogP contribution is -2.32. The molecule has 3 rings (SSSR count). The van der Waals surface area contributed by atoms with Crippen LogP contribution in [0.15, 0.2) is 117 Å². The van der Waals surface area contributed by atoms with E-state index < -0.39 is 20.0 Å². The summed E-state index contributed by atoms with van der Waals surface area (Å²) in [5.74, 6) is 0. The largest absolute Gasteiger partial charge is 0.277 e. The van der Waals surface area contributed by atoms with Crippen molar-refractivity contribution in [2.24, 2.45) is 0 Å². The smallest absolute Gasteiger partial charge is 0.200 e. The minimum atomic E-state index is -4.32. The lowest BCUT2D eigenvalue weighted by atomic mass is 10.4. The van der Waals surface area contributed by atoms with Crippen LogP contribution in [0.4, 0.5) is 0 Å². The summed E-state index contributed by atoms with van der Waals surface area (Å²) in [6, 6.07) is 24.2. The van der Waals surface area contributed by atoms with E-state index in [1.807, 2.05) is 30.3 Å². The minimum absolute atomic E-state index is 0.108. The van der Waals surface area contributed by atoms with Crippen molar-refractivity contribution >= 4 is 31.8 Å². The number of sulfonamides is 2. The molecule has 0 radical (unpaired) electrons. The minimum Gasteiger partial charge on any atom is -0.200 e. The lowest BCUT2D eigenvalue weighted by molar-refractivity contribution is 0.537. The summed E-state index contributed by atoms with van der Waals surface area (Å²) >= 11 is 1.22. The van der Waals surface area contributed by atoms with Gasteiger partial charge in [-0.05, 0) is 41.8 Å². The molecule has 0 heterocycles. The molecule has 0 atom stereocenters. The molecule has 144 valence electrons. The Balaban J connectivity index is 2.04. The van der Waals surface area contributed by atoms with Gasteiger partial charge in [0.05, 0.1) is 9.79 Å². The van der Waals surface area contributed by atoms with Gasteiger partial charge >= 0.3 is 0 Å². The number of rotatable bonds is 7. The first-order chi connectivity index (χ1) is 13.4. The van der Waals surface area contributed by atoms with E-state index >= 15 is 0 Å². The second-order valence-electron chi connectivity index (χ2n) is 5.58.